The minimum atomic E-state index is -0.503. The van der Waals surface area contributed by atoms with Crippen LogP contribution in [0.1, 0.15) is 18.9 Å². The fraction of sp³-hybridized carbons (Fsp3) is 0.467. The number of para-hydroxylation sites is 1. The number of aryl methyl sites for hydroxylation is 1. The Hall–Kier alpha value is -1.32. The second kappa shape index (κ2) is 7.90. The third kappa shape index (κ3) is 5.34. The summed E-state index contributed by atoms with van der Waals surface area (Å²) >= 11 is 0. The van der Waals surface area contributed by atoms with Crippen LogP contribution in [0.5, 0.6) is 5.75 Å². The number of hydrogen-bond acceptors (Lipinski definition) is 3. The molecule has 3 heteroatoms. The summed E-state index contributed by atoms with van der Waals surface area (Å²) in [5, 5.41) is 13.0. The van der Waals surface area contributed by atoms with Gasteiger partial charge in [-0.3, -0.25) is 0 Å². The van der Waals surface area contributed by atoms with Crippen molar-refractivity contribution in [3.8, 4) is 5.75 Å². The van der Waals surface area contributed by atoms with Crippen LogP contribution in [-0.4, -0.2) is 30.4 Å². The van der Waals surface area contributed by atoms with Crippen LogP contribution in [-0.2, 0) is 0 Å². The largest absolute Gasteiger partial charge is 0.491 e. The Kier molecular flexibility index (Phi) is 6.47. The zero-order chi connectivity index (χ0) is 13.4. The van der Waals surface area contributed by atoms with Crippen molar-refractivity contribution in [2.75, 3.05) is 13.2 Å². The molecule has 0 spiro atoms. The van der Waals surface area contributed by atoms with E-state index in [1.807, 2.05) is 37.3 Å². The molecule has 1 aromatic rings. The Morgan fingerprint density at radius 2 is 2.17 bits per heavy atom. The van der Waals surface area contributed by atoms with Crippen molar-refractivity contribution < 1.29 is 9.84 Å². The SMILES string of the molecule is C=CCC(C)NCC(O)COc1ccccc1C. The fourth-order valence-corrected chi connectivity index (χ4v) is 1.63. The van der Waals surface area contributed by atoms with Gasteiger partial charge in [-0.2, -0.15) is 0 Å². The maximum atomic E-state index is 9.81. The van der Waals surface area contributed by atoms with Gasteiger partial charge in [0, 0.05) is 12.6 Å². The lowest BCUT2D eigenvalue weighted by atomic mass is 10.2. The lowest BCUT2D eigenvalue weighted by Gasteiger charge is -2.17. The van der Waals surface area contributed by atoms with Gasteiger partial charge in [-0.05, 0) is 31.9 Å². The Bertz CT molecular complexity index is 365. The Balaban J connectivity index is 2.27. The van der Waals surface area contributed by atoms with Gasteiger partial charge in [-0.1, -0.05) is 24.3 Å². The highest BCUT2D eigenvalue weighted by atomic mass is 16.5. The number of rotatable bonds is 8. The molecule has 0 heterocycles. The minimum absolute atomic E-state index is 0.304. The van der Waals surface area contributed by atoms with Crippen molar-refractivity contribution >= 4 is 0 Å². The van der Waals surface area contributed by atoms with Crippen LogP contribution in [0.25, 0.3) is 0 Å². The number of benzene rings is 1. The van der Waals surface area contributed by atoms with Crippen molar-refractivity contribution in [3.63, 3.8) is 0 Å². The lowest BCUT2D eigenvalue weighted by molar-refractivity contribution is 0.104. The Labute approximate surface area is 109 Å². The Morgan fingerprint density at radius 3 is 2.83 bits per heavy atom. The van der Waals surface area contributed by atoms with Gasteiger partial charge in [0.1, 0.15) is 18.5 Å². The van der Waals surface area contributed by atoms with E-state index in [0.29, 0.717) is 19.2 Å². The topological polar surface area (TPSA) is 41.5 Å². The summed E-state index contributed by atoms with van der Waals surface area (Å²) < 4.78 is 5.58. The van der Waals surface area contributed by atoms with Crippen molar-refractivity contribution in [3.05, 3.63) is 42.5 Å². The van der Waals surface area contributed by atoms with Crippen LogP contribution >= 0.6 is 0 Å². The maximum Gasteiger partial charge on any atom is 0.122 e. The quantitative estimate of drug-likeness (QED) is 0.695. The molecule has 2 unspecified atom stereocenters. The predicted octanol–water partition coefficient (Wildman–Crippen LogP) is 2.29. The van der Waals surface area contributed by atoms with Gasteiger partial charge in [0.2, 0.25) is 0 Å². The molecule has 3 nitrogen and oxygen atoms in total. The molecule has 0 fully saturated rings. The highest BCUT2D eigenvalue weighted by Crippen LogP contribution is 2.16. The number of ether oxygens (including phenoxy) is 1. The third-order valence-corrected chi connectivity index (χ3v) is 2.75. The molecule has 0 aliphatic carbocycles. The molecule has 0 saturated heterocycles. The van der Waals surface area contributed by atoms with E-state index in [2.05, 4.69) is 18.8 Å². The summed E-state index contributed by atoms with van der Waals surface area (Å²) in [5.41, 5.74) is 1.08. The number of hydrogen-bond donors (Lipinski definition) is 2. The van der Waals surface area contributed by atoms with E-state index in [9.17, 15) is 5.11 Å². The molecule has 0 radical (unpaired) electrons. The van der Waals surface area contributed by atoms with Crippen LogP contribution < -0.4 is 10.1 Å². The number of aliphatic hydroxyl groups excluding tert-OH is 1. The third-order valence-electron chi connectivity index (χ3n) is 2.75. The van der Waals surface area contributed by atoms with Crippen LogP contribution in [0, 0.1) is 6.92 Å². The number of nitrogens with one attached hydrogen (secondary N) is 1. The van der Waals surface area contributed by atoms with Crippen LogP contribution in [0.2, 0.25) is 0 Å². The molecule has 2 atom stereocenters. The standard InChI is InChI=1S/C15H23NO2/c1-4-7-13(3)16-10-14(17)11-18-15-9-6-5-8-12(15)2/h4-6,8-9,13-14,16-17H,1,7,10-11H2,2-3H3. The number of aliphatic hydroxyl groups is 1. The zero-order valence-corrected chi connectivity index (χ0v) is 11.2. The lowest BCUT2D eigenvalue weighted by Crippen LogP contribution is -2.36. The average Bonchev–Trinajstić information content (AvgIpc) is 2.36. The summed E-state index contributed by atoms with van der Waals surface area (Å²) in [5.74, 6) is 0.829. The summed E-state index contributed by atoms with van der Waals surface area (Å²) in [4.78, 5) is 0. The van der Waals surface area contributed by atoms with Crippen molar-refractivity contribution in [1.82, 2.24) is 5.32 Å². The van der Waals surface area contributed by atoms with Crippen LogP contribution in [0.4, 0.5) is 0 Å². The van der Waals surface area contributed by atoms with Gasteiger partial charge in [-0.25, -0.2) is 0 Å². The fourth-order valence-electron chi connectivity index (χ4n) is 1.63. The summed E-state index contributed by atoms with van der Waals surface area (Å²) in [7, 11) is 0. The van der Waals surface area contributed by atoms with Crippen molar-refractivity contribution in [2.24, 2.45) is 0 Å². The van der Waals surface area contributed by atoms with E-state index in [0.717, 1.165) is 17.7 Å². The molecule has 0 aromatic heterocycles. The van der Waals surface area contributed by atoms with Gasteiger partial charge in [0.05, 0.1) is 0 Å². The van der Waals surface area contributed by atoms with E-state index in [1.54, 1.807) is 0 Å². The molecule has 1 aromatic carbocycles. The van der Waals surface area contributed by atoms with Gasteiger partial charge < -0.3 is 15.2 Å². The summed E-state index contributed by atoms with van der Waals surface area (Å²) in [6.07, 6.45) is 2.26. The van der Waals surface area contributed by atoms with E-state index in [4.69, 9.17) is 4.74 Å². The highest BCUT2D eigenvalue weighted by molar-refractivity contribution is 5.31. The van der Waals surface area contributed by atoms with Gasteiger partial charge in [0.25, 0.3) is 0 Å². The van der Waals surface area contributed by atoms with E-state index in [1.165, 1.54) is 0 Å². The second-order valence-corrected chi connectivity index (χ2v) is 4.56. The van der Waals surface area contributed by atoms with E-state index in [-0.39, 0.29) is 0 Å². The molecule has 18 heavy (non-hydrogen) atoms. The molecule has 0 aliphatic heterocycles. The molecule has 0 aliphatic rings. The molecular weight excluding hydrogens is 226 g/mol. The summed E-state index contributed by atoms with van der Waals surface area (Å²) in [6.45, 7) is 8.58. The molecule has 0 saturated carbocycles. The van der Waals surface area contributed by atoms with E-state index < -0.39 is 6.10 Å². The zero-order valence-electron chi connectivity index (χ0n) is 11.2. The average molecular weight is 249 g/mol. The first-order valence-corrected chi connectivity index (χ1v) is 6.34. The monoisotopic (exact) mass is 249 g/mol. The normalized spacial score (nSPS) is 13.9. The predicted molar refractivity (Wildman–Crippen MR) is 75.0 cm³/mol. The highest BCUT2D eigenvalue weighted by Gasteiger charge is 2.07. The first kappa shape index (κ1) is 14.7. The van der Waals surface area contributed by atoms with Crippen LogP contribution in [0.15, 0.2) is 36.9 Å². The second-order valence-electron chi connectivity index (χ2n) is 4.56. The van der Waals surface area contributed by atoms with E-state index >= 15 is 0 Å². The van der Waals surface area contributed by atoms with Gasteiger partial charge >= 0.3 is 0 Å². The van der Waals surface area contributed by atoms with Crippen molar-refractivity contribution in [1.29, 1.82) is 0 Å². The maximum absolute atomic E-state index is 9.81. The molecule has 0 amide bonds. The van der Waals surface area contributed by atoms with Gasteiger partial charge in [-0.15, -0.1) is 6.58 Å². The first-order chi connectivity index (χ1) is 8.63. The molecule has 100 valence electrons. The smallest absolute Gasteiger partial charge is 0.122 e. The Morgan fingerprint density at radius 1 is 1.44 bits per heavy atom. The molecular formula is C15H23NO2. The summed E-state index contributed by atoms with van der Waals surface area (Å²) in [6, 6.07) is 8.13. The van der Waals surface area contributed by atoms with Gasteiger partial charge in [0.15, 0.2) is 0 Å². The molecule has 2 N–H and O–H groups in total. The molecule has 0 bridgehead atoms. The first-order valence-electron chi connectivity index (χ1n) is 6.34. The molecule has 1 rings (SSSR count). The van der Waals surface area contributed by atoms with Crippen LogP contribution in [0.3, 0.4) is 0 Å². The van der Waals surface area contributed by atoms with Crippen molar-refractivity contribution in [2.45, 2.75) is 32.4 Å². The minimum Gasteiger partial charge on any atom is -0.491 e.